The van der Waals surface area contributed by atoms with E-state index in [2.05, 4.69) is 4.98 Å². The summed E-state index contributed by atoms with van der Waals surface area (Å²) in [5, 5.41) is 9.87. The lowest BCUT2D eigenvalue weighted by Crippen LogP contribution is -2.08. The normalized spacial score (nSPS) is 12.1. The molecular formula is C14H13NO2. The van der Waals surface area contributed by atoms with E-state index in [9.17, 15) is 9.90 Å². The van der Waals surface area contributed by atoms with Gasteiger partial charge in [0.15, 0.2) is 5.78 Å². The molecule has 3 heteroatoms. The first-order valence-corrected chi connectivity index (χ1v) is 5.44. The molecule has 0 saturated carbocycles. The van der Waals surface area contributed by atoms with Gasteiger partial charge in [0, 0.05) is 18.2 Å². The standard InChI is InChI=1S/C14H13NO2/c16-13(11-6-2-1-3-7-11)10-14(17)12-8-4-5-9-15-12/h1-9,14,17H,10H2. The van der Waals surface area contributed by atoms with Gasteiger partial charge >= 0.3 is 0 Å². The number of benzene rings is 1. The molecular weight excluding hydrogens is 214 g/mol. The third-order valence-corrected chi connectivity index (χ3v) is 2.50. The fourth-order valence-electron chi connectivity index (χ4n) is 1.60. The van der Waals surface area contributed by atoms with Gasteiger partial charge in [0.1, 0.15) is 6.10 Å². The van der Waals surface area contributed by atoms with E-state index in [1.165, 1.54) is 0 Å². The predicted octanol–water partition coefficient (Wildman–Crippen LogP) is 2.39. The van der Waals surface area contributed by atoms with Gasteiger partial charge in [-0.3, -0.25) is 9.78 Å². The lowest BCUT2D eigenvalue weighted by Gasteiger charge is -2.08. The Bertz CT molecular complexity index is 482. The molecule has 0 radical (unpaired) electrons. The van der Waals surface area contributed by atoms with Crippen LogP contribution in [-0.4, -0.2) is 15.9 Å². The zero-order valence-electron chi connectivity index (χ0n) is 9.28. The van der Waals surface area contributed by atoms with Crippen molar-refractivity contribution in [3.05, 3.63) is 66.0 Å². The minimum absolute atomic E-state index is 0.0566. The Morgan fingerprint density at radius 3 is 2.47 bits per heavy atom. The van der Waals surface area contributed by atoms with Gasteiger partial charge < -0.3 is 5.11 Å². The van der Waals surface area contributed by atoms with Crippen LogP contribution in [0.5, 0.6) is 0 Å². The van der Waals surface area contributed by atoms with E-state index in [4.69, 9.17) is 0 Å². The van der Waals surface area contributed by atoms with Crippen LogP contribution < -0.4 is 0 Å². The van der Waals surface area contributed by atoms with E-state index >= 15 is 0 Å². The highest BCUT2D eigenvalue weighted by Gasteiger charge is 2.14. The highest BCUT2D eigenvalue weighted by molar-refractivity contribution is 5.96. The van der Waals surface area contributed by atoms with Crippen LogP contribution in [0.1, 0.15) is 28.6 Å². The molecule has 0 aliphatic rings. The van der Waals surface area contributed by atoms with Crippen molar-refractivity contribution >= 4 is 5.78 Å². The molecule has 2 rings (SSSR count). The summed E-state index contributed by atoms with van der Waals surface area (Å²) in [5.74, 6) is -0.0799. The first-order valence-electron chi connectivity index (χ1n) is 5.44. The second-order valence-corrected chi connectivity index (χ2v) is 3.76. The van der Waals surface area contributed by atoms with Crippen LogP contribution in [0.4, 0.5) is 0 Å². The van der Waals surface area contributed by atoms with Crippen LogP contribution in [0.3, 0.4) is 0 Å². The summed E-state index contributed by atoms with van der Waals surface area (Å²) in [7, 11) is 0. The molecule has 0 aliphatic carbocycles. The maximum Gasteiger partial charge on any atom is 0.165 e. The Kier molecular flexibility index (Phi) is 3.62. The third-order valence-electron chi connectivity index (χ3n) is 2.50. The van der Waals surface area contributed by atoms with Gasteiger partial charge in [-0.25, -0.2) is 0 Å². The number of ketones is 1. The van der Waals surface area contributed by atoms with Gasteiger partial charge in [-0.2, -0.15) is 0 Å². The molecule has 0 amide bonds. The molecule has 2 aromatic rings. The predicted molar refractivity (Wildman–Crippen MR) is 64.6 cm³/mol. The highest BCUT2D eigenvalue weighted by Crippen LogP contribution is 2.16. The smallest absolute Gasteiger partial charge is 0.165 e. The lowest BCUT2D eigenvalue weighted by atomic mass is 10.0. The number of Topliss-reactive ketones (excluding diaryl/α,β-unsaturated/α-hetero) is 1. The van der Waals surface area contributed by atoms with Crippen molar-refractivity contribution in [2.24, 2.45) is 0 Å². The molecule has 0 bridgehead atoms. The average molecular weight is 227 g/mol. The lowest BCUT2D eigenvalue weighted by molar-refractivity contribution is 0.0874. The summed E-state index contributed by atoms with van der Waals surface area (Å²) in [5.41, 5.74) is 1.14. The van der Waals surface area contributed by atoms with E-state index in [0.717, 1.165) is 0 Å². The zero-order chi connectivity index (χ0) is 12.1. The molecule has 1 unspecified atom stereocenters. The van der Waals surface area contributed by atoms with Gasteiger partial charge in [-0.15, -0.1) is 0 Å². The fourth-order valence-corrected chi connectivity index (χ4v) is 1.60. The second-order valence-electron chi connectivity index (χ2n) is 3.76. The maximum atomic E-state index is 11.8. The molecule has 0 fully saturated rings. The highest BCUT2D eigenvalue weighted by atomic mass is 16.3. The number of rotatable bonds is 4. The van der Waals surface area contributed by atoms with Crippen molar-refractivity contribution in [1.82, 2.24) is 4.98 Å². The van der Waals surface area contributed by atoms with Crippen LogP contribution in [0, 0.1) is 0 Å². The van der Waals surface area contributed by atoms with Crippen LogP contribution in [0.2, 0.25) is 0 Å². The van der Waals surface area contributed by atoms with E-state index in [1.807, 2.05) is 6.07 Å². The Morgan fingerprint density at radius 2 is 1.82 bits per heavy atom. The number of nitrogens with zero attached hydrogens (tertiary/aromatic N) is 1. The summed E-state index contributed by atoms with van der Waals surface area (Å²) >= 11 is 0. The summed E-state index contributed by atoms with van der Waals surface area (Å²) in [6.07, 6.45) is 0.816. The topological polar surface area (TPSA) is 50.2 Å². The van der Waals surface area contributed by atoms with Crippen LogP contribution >= 0.6 is 0 Å². The first-order chi connectivity index (χ1) is 8.27. The van der Waals surface area contributed by atoms with Crippen LogP contribution in [0.15, 0.2) is 54.7 Å². The van der Waals surface area contributed by atoms with Crippen molar-refractivity contribution in [3.8, 4) is 0 Å². The Morgan fingerprint density at radius 1 is 1.12 bits per heavy atom. The van der Waals surface area contributed by atoms with E-state index in [1.54, 1.807) is 48.7 Å². The van der Waals surface area contributed by atoms with Crippen molar-refractivity contribution in [1.29, 1.82) is 0 Å². The first kappa shape index (κ1) is 11.5. The number of pyridine rings is 1. The molecule has 1 atom stereocenters. The SMILES string of the molecule is O=C(CC(O)c1ccccn1)c1ccccc1. The van der Waals surface area contributed by atoms with Gasteiger partial charge in [0.05, 0.1) is 5.69 Å². The molecule has 86 valence electrons. The number of aliphatic hydroxyl groups is 1. The Labute approximate surface area is 99.8 Å². The van der Waals surface area contributed by atoms with Crippen molar-refractivity contribution in [3.63, 3.8) is 0 Å². The van der Waals surface area contributed by atoms with E-state index in [0.29, 0.717) is 11.3 Å². The number of aliphatic hydroxyl groups excluding tert-OH is 1. The number of aromatic nitrogens is 1. The Hall–Kier alpha value is -2.00. The summed E-state index contributed by atoms with van der Waals surface area (Å²) in [6, 6.07) is 14.2. The van der Waals surface area contributed by atoms with Crippen molar-refractivity contribution in [2.75, 3.05) is 0 Å². The van der Waals surface area contributed by atoms with Crippen LogP contribution in [-0.2, 0) is 0 Å². The number of hydrogen-bond donors (Lipinski definition) is 1. The minimum atomic E-state index is -0.844. The number of carbonyl (C=O) groups is 1. The summed E-state index contributed by atoms with van der Waals surface area (Å²) in [4.78, 5) is 15.9. The quantitative estimate of drug-likeness (QED) is 0.816. The molecule has 0 aliphatic heterocycles. The monoisotopic (exact) mass is 227 g/mol. The molecule has 1 aromatic carbocycles. The molecule has 0 spiro atoms. The summed E-state index contributed by atoms with van der Waals surface area (Å²) in [6.45, 7) is 0. The van der Waals surface area contributed by atoms with Gasteiger partial charge in [0.2, 0.25) is 0 Å². The second kappa shape index (κ2) is 5.37. The average Bonchev–Trinajstić information content (AvgIpc) is 2.40. The molecule has 1 heterocycles. The molecule has 0 saturated heterocycles. The maximum absolute atomic E-state index is 11.8. The molecule has 1 aromatic heterocycles. The molecule has 17 heavy (non-hydrogen) atoms. The zero-order valence-corrected chi connectivity index (χ0v) is 9.28. The third kappa shape index (κ3) is 2.98. The van der Waals surface area contributed by atoms with Gasteiger partial charge in [-0.05, 0) is 12.1 Å². The number of carbonyl (C=O) groups excluding carboxylic acids is 1. The molecule has 3 nitrogen and oxygen atoms in total. The number of hydrogen-bond acceptors (Lipinski definition) is 3. The largest absolute Gasteiger partial charge is 0.386 e. The van der Waals surface area contributed by atoms with Crippen LogP contribution in [0.25, 0.3) is 0 Å². The van der Waals surface area contributed by atoms with Crippen molar-refractivity contribution in [2.45, 2.75) is 12.5 Å². The van der Waals surface area contributed by atoms with Gasteiger partial charge in [-0.1, -0.05) is 36.4 Å². The fraction of sp³-hybridized carbons (Fsp3) is 0.143. The van der Waals surface area contributed by atoms with E-state index in [-0.39, 0.29) is 12.2 Å². The Balaban J connectivity index is 2.05. The molecule has 1 N–H and O–H groups in total. The van der Waals surface area contributed by atoms with Gasteiger partial charge in [0.25, 0.3) is 0 Å². The van der Waals surface area contributed by atoms with Crippen molar-refractivity contribution < 1.29 is 9.90 Å². The summed E-state index contributed by atoms with van der Waals surface area (Å²) < 4.78 is 0. The minimum Gasteiger partial charge on any atom is -0.386 e. The van der Waals surface area contributed by atoms with E-state index < -0.39 is 6.10 Å².